The molecule has 0 aromatic heterocycles. The van der Waals surface area contributed by atoms with Gasteiger partial charge in [0.2, 0.25) is 0 Å². The first-order valence-electron chi connectivity index (χ1n) is 4.35. The topological polar surface area (TPSA) is 87.7 Å². The average Bonchev–Trinajstić information content (AvgIpc) is 2.14. The molecule has 6 heteroatoms. The van der Waals surface area contributed by atoms with Crippen LogP contribution in [0, 0.1) is 0 Å². The summed E-state index contributed by atoms with van der Waals surface area (Å²) in [6.07, 6.45) is 0.730. The number of carbonyl (C=O) groups is 2. The number of hydrogen-bond acceptors (Lipinski definition) is 3. The third-order valence-corrected chi connectivity index (χ3v) is 1.60. The maximum absolute atomic E-state index is 11.1. The Morgan fingerprint density at radius 1 is 1.50 bits per heavy atom. The maximum atomic E-state index is 11.1. The minimum atomic E-state index is -1.07. The largest absolute Gasteiger partial charge is 0.480 e. The molecule has 82 valence electrons. The zero-order chi connectivity index (χ0) is 11.0. The van der Waals surface area contributed by atoms with Crippen LogP contribution in [0.2, 0.25) is 0 Å². The number of aliphatic carboxylic acids is 1. The summed E-state index contributed by atoms with van der Waals surface area (Å²) in [5.74, 6) is -1.07. The molecular formula is C8H16N2O4. The highest BCUT2D eigenvalue weighted by molar-refractivity contribution is 5.79. The highest BCUT2D eigenvalue weighted by Gasteiger charge is 2.09. The summed E-state index contributed by atoms with van der Waals surface area (Å²) in [7, 11) is 1.54. The molecule has 0 radical (unpaired) electrons. The molecule has 14 heavy (non-hydrogen) atoms. The average molecular weight is 204 g/mol. The van der Waals surface area contributed by atoms with Crippen LogP contribution in [0.4, 0.5) is 4.79 Å². The number of carboxylic acid groups (broad SMARTS) is 1. The zero-order valence-corrected chi connectivity index (χ0v) is 8.37. The lowest BCUT2D eigenvalue weighted by molar-refractivity contribution is -0.135. The van der Waals surface area contributed by atoms with Gasteiger partial charge in [0.25, 0.3) is 0 Å². The summed E-state index contributed by atoms with van der Waals surface area (Å²) in [6.45, 7) is 1.94. The summed E-state index contributed by atoms with van der Waals surface area (Å²) in [4.78, 5) is 21.2. The van der Waals surface area contributed by atoms with Crippen LogP contribution in [0.5, 0.6) is 0 Å². The van der Waals surface area contributed by atoms with E-state index in [1.807, 2.05) is 6.92 Å². The van der Waals surface area contributed by atoms with Crippen LogP contribution < -0.4 is 10.6 Å². The Morgan fingerprint density at radius 3 is 2.57 bits per heavy atom. The molecular weight excluding hydrogens is 188 g/mol. The third kappa shape index (κ3) is 6.24. The normalized spacial score (nSPS) is 11.9. The summed E-state index contributed by atoms with van der Waals surface area (Å²) in [5, 5.41) is 13.1. The minimum Gasteiger partial charge on any atom is -0.480 e. The van der Waals surface area contributed by atoms with Gasteiger partial charge in [-0.1, -0.05) is 6.92 Å². The van der Waals surface area contributed by atoms with Gasteiger partial charge < -0.3 is 20.5 Å². The minimum absolute atomic E-state index is 0.0891. The van der Waals surface area contributed by atoms with E-state index >= 15 is 0 Å². The number of amides is 2. The maximum Gasteiger partial charge on any atom is 0.323 e. The van der Waals surface area contributed by atoms with Crippen molar-refractivity contribution in [3.05, 3.63) is 0 Å². The van der Waals surface area contributed by atoms with Gasteiger partial charge in [-0.05, 0) is 6.42 Å². The van der Waals surface area contributed by atoms with Crippen LogP contribution in [0.25, 0.3) is 0 Å². The molecule has 0 rings (SSSR count). The molecule has 0 heterocycles. The van der Waals surface area contributed by atoms with Crippen molar-refractivity contribution < 1.29 is 19.4 Å². The highest BCUT2D eigenvalue weighted by atomic mass is 16.5. The lowest BCUT2D eigenvalue weighted by Gasteiger charge is -2.15. The van der Waals surface area contributed by atoms with Gasteiger partial charge in [-0.2, -0.15) is 0 Å². The van der Waals surface area contributed by atoms with Crippen LogP contribution in [-0.2, 0) is 9.53 Å². The van der Waals surface area contributed by atoms with E-state index in [2.05, 4.69) is 10.6 Å². The van der Waals surface area contributed by atoms with Crippen molar-refractivity contribution in [2.45, 2.75) is 19.4 Å². The van der Waals surface area contributed by atoms with Crippen molar-refractivity contribution in [2.75, 3.05) is 20.3 Å². The van der Waals surface area contributed by atoms with Gasteiger partial charge in [-0.3, -0.25) is 4.79 Å². The zero-order valence-electron chi connectivity index (χ0n) is 8.37. The second-order valence-electron chi connectivity index (χ2n) is 2.78. The summed E-state index contributed by atoms with van der Waals surface area (Å²) in [5.41, 5.74) is 0. The van der Waals surface area contributed by atoms with E-state index in [0.717, 1.165) is 6.42 Å². The van der Waals surface area contributed by atoms with Gasteiger partial charge >= 0.3 is 12.0 Å². The van der Waals surface area contributed by atoms with Gasteiger partial charge in [-0.25, -0.2) is 4.79 Å². The Labute approximate surface area is 82.6 Å². The number of carbonyl (C=O) groups excluding carboxylic acids is 1. The molecule has 0 aliphatic carbocycles. The number of urea groups is 1. The van der Waals surface area contributed by atoms with Crippen LogP contribution in [-0.4, -0.2) is 43.4 Å². The number of carboxylic acids is 1. The van der Waals surface area contributed by atoms with E-state index in [9.17, 15) is 9.59 Å². The standard InChI is InChI=1S/C8H16N2O4/c1-3-6(5-14-2)10-8(13)9-4-7(11)12/h6H,3-5H2,1-2H3,(H,11,12)(H2,9,10,13). The Hall–Kier alpha value is -1.30. The first kappa shape index (κ1) is 12.7. The van der Waals surface area contributed by atoms with Crippen LogP contribution in [0.3, 0.4) is 0 Å². The van der Waals surface area contributed by atoms with Crippen molar-refractivity contribution in [1.29, 1.82) is 0 Å². The second kappa shape index (κ2) is 7.14. The Morgan fingerprint density at radius 2 is 2.14 bits per heavy atom. The molecule has 1 atom stereocenters. The summed E-state index contributed by atoms with van der Waals surface area (Å²) in [6, 6.07) is -0.579. The SMILES string of the molecule is CCC(COC)NC(=O)NCC(=O)O. The van der Waals surface area contributed by atoms with Crippen LogP contribution in [0.15, 0.2) is 0 Å². The van der Waals surface area contributed by atoms with E-state index in [1.165, 1.54) is 0 Å². The molecule has 0 aliphatic heterocycles. The molecule has 2 amide bonds. The van der Waals surface area contributed by atoms with Gasteiger partial charge in [0.1, 0.15) is 6.54 Å². The van der Waals surface area contributed by atoms with Gasteiger partial charge in [0, 0.05) is 7.11 Å². The summed E-state index contributed by atoms with van der Waals surface area (Å²) >= 11 is 0. The predicted molar refractivity (Wildman–Crippen MR) is 50.1 cm³/mol. The monoisotopic (exact) mass is 204 g/mol. The third-order valence-electron chi connectivity index (χ3n) is 1.60. The van der Waals surface area contributed by atoms with Crippen molar-refractivity contribution in [2.24, 2.45) is 0 Å². The predicted octanol–water partition coefficient (Wildman–Crippen LogP) is -0.205. The lowest BCUT2D eigenvalue weighted by Crippen LogP contribution is -2.45. The van der Waals surface area contributed by atoms with E-state index in [4.69, 9.17) is 9.84 Å². The fraction of sp³-hybridized carbons (Fsp3) is 0.750. The van der Waals surface area contributed by atoms with Gasteiger partial charge in [0.05, 0.1) is 12.6 Å². The highest BCUT2D eigenvalue weighted by Crippen LogP contribution is 1.90. The van der Waals surface area contributed by atoms with Crippen molar-refractivity contribution >= 4 is 12.0 Å². The Bertz CT molecular complexity index is 196. The number of ether oxygens (including phenoxy) is 1. The van der Waals surface area contributed by atoms with Gasteiger partial charge in [0.15, 0.2) is 0 Å². The lowest BCUT2D eigenvalue weighted by atomic mass is 10.2. The number of hydrogen-bond donors (Lipinski definition) is 3. The molecule has 0 aliphatic rings. The van der Waals surface area contributed by atoms with Crippen LogP contribution in [0.1, 0.15) is 13.3 Å². The molecule has 0 fully saturated rings. The molecule has 0 saturated carbocycles. The van der Waals surface area contributed by atoms with E-state index < -0.39 is 12.0 Å². The van der Waals surface area contributed by atoms with E-state index in [-0.39, 0.29) is 12.6 Å². The quantitative estimate of drug-likeness (QED) is 0.559. The smallest absolute Gasteiger partial charge is 0.323 e. The van der Waals surface area contributed by atoms with Crippen molar-refractivity contribution in [1.82, 2.24) is 10.6 Å². The van der Waals surface area contributed by atoms with Gasteiger partial charge in [-0.15, -0.1) is 0 Å². The second-order valence-corrected chi connectivity index (χ2v) is 2.78. The fourth-order valence-electron chi connectivity index (χ4n) is 0.855. The van der Waals surface area contributed by atoms with Crippen molar-refractivity contribution in [3.8, 4) is 0 Å². The molecule has 0 bridgehead atoms. The summed E-state index contributed by atoms with van der Waals surface area (Å²) < 4.78 is 4.86. The fourth-order valence-corrected chi connectivity index (χ4v) is 0.855. The van der Waals surface area contributed by atoms with E-state index in [1.54, 1.807) is 7.11 Å². The molecule has 3 N–H and O–H groups in total. The molecule has 0 aromatic rings. The molecule has 1 unspecified atom stereocenters. The van der Waals surface area contributed by atoms with E-state index in [0.29, 0.717) is 6.61 Å². The first-order chi connectivity index (χ1) is 6.60. The number of methoxy groups -OCH3 is 1. The molecule has 6 nitrogen and oxygen atoms in total. The van der Waals surface area contributed by atoms with Crippen molar-refractivity contribution in [3.63, 3.8) is 0 Å². The molecule has 0 saturated heterocycles. The Balaban J connectivity index is 3.72. The van der Waals surface area contributed by atoms with Crippen LogP contribution >= 0.6 is 0 Å². The Kier molecular flexibility index (Phi) is 6.47. The molecule has 0 aromatic carbocycles. The first-order valence-corrected chi connectivity index (χ1v) is 4.35. The molecule has 0 spiro atoms. The number of nitrogens with one attached hydrogen (secondary N) is 2. The number of rotatable bonds is 6.